The van der Waals surface area contributed by atoms with Crippen molar-refractivity contribution < 1.29 is 4.42 Å². The van der Waals surface area contributed by atoms with E-state index in [1.807, 2.05) is 18.2 Å². The van der Waals surface area contributed by atoms with Gasteiger partial charge in [-0.2, -0.15) is 0 Å². The largest absolute Gasteiger partial charge is 0.464 e. The molecule has 0 aliphatic heterocycles. The molecule has 0 aliphatic carbocycles. The summed E-state index contributed by atoms with van der Waals surface area (Å²) in [5.41, 5.74) is 20.9. The summed E-state index contributed by atoms with van der Waals surface area (Å²) in [6.07, 6.45) is 1.78. The van der Waals surface area contributed by atoms with Crippen molar-refractivity contribution in [1.82, 2.24) is 14.4 Å². The van der Waals surface area contributed by atoms with Crippen LogP contribution in [0.5, 0.6) is 0 Å². The van der Waals surface area contributed by atoms with Crippen molar-refractivity contribution in [1.29, 1.82) is 0 Å². The number of aromatic nitrogens is 3. The molecule has 0 amide bonds. The summed E-state index contributed by atoms with van der Waals surface area (Å²) in [6, 6.07) is 86.9. The molecule has 14 aromatic rings. The second-order valence-electron chi connectivity index (χ2n) is 18.2. The van der Waals surface area contributed by atoms with Gasteiger partial charge in [-0.1, -0.05) is 194 Å². The van der Waals surface area contributed by atoms with Crippen molar-refractivity contribution >= 4 is 49.1 Å². The quantitative estimate of drug-likeness (QED) is 0.153. The van der Waals surface area contributed by atoms with E-state index in [1.54, 1.807) is 6.26 Å². The van der Waals surface area contributed by atoms with Crippen LogP contribution in [0.2, 0.25) is 0 Å². The molecule has 326 valence electrons. The van der Waals surface area contributed by atoms with Gasteiger partial charge in [-0.05, 0) is 98.6 Å². The molecule has 4 heterocycles. The first-order valence-corrected chi connectivity index (χ1v) is 23.8. The Morgan fingerprint density at radius 2 is 0.729 bits per heavy atom. The van der Waals surface area contributed by atoms with E-state index in [2.05, 4.69) is 229 Å². The Hall–Kier alpha value is -9.38. The summed E-state index contributed by atoms with van der Waals surface area (Å²) in [4.78, 5) is 10.2. The fourth-order valence-corrected chi connectivity index (χ4v) is 10.6. The van der Waals surface area contributed by atoms with E-state index in [4.69, 9.17) is 14.4 Å². The van der Waals surface area contributed by atoms with Gasteiger partial charge >= 0.3 is 0 Å². The molecular weight excluding hydrogens is 851 g/mol. The standard InChI is InChI=1S/C66H41N3O/c1-3-13-42(14-4-1)60-41-61(43-15-5-2-6-16-43)68-66(67-60)54-25-10-24-51(38-54)49-22-8-20-47(36-49)45-18-7-19-46(35-45)48-21-9-23-50(37-48)52-29-31-56-58-27-12-28-59-57-32-30-53(40-63(57)69(64(58)59)62(56)39-52)55-26-11-17-44-33-34-70-65(44)55/h1-41H. The van der Waals surface area contributed by atoms with Crippen molar-refractivity contribution in [2.75, 3.05) is 0 Å². The molecule has 0 bridgehead atoms. The fraction of sp³-hybridized carbons (Fsp3) is 0. The molecule has 0 saturated heterocycles. The van der Waals surface area contributed by atoms with Crippen LogP contribution in [0, 0.1) is 0 Å². The molecule has 0 saturated carbocycles. The average molecular weight is 892 g/mol. The molecule has 0 unspecified atom stereocenters. The van der Waals surface area contributed by atoms with E-state index < -0.39 is 0 Å². The van der Waals surface area contributed by atoms with Gasteiger partial charge in [-0.3, -0.25) is 0 Å². The maximum atomic E-state index is 5.99. The lowest BCUT2D eigenvalue weighted by Crippen LogP contribution is -1.96. The van der Waals surface area contributed by atoms with Crippen LogP contribution in [-0.2, 0) is 0 Å². The highest BCUT2D eigenvalue weighted by Crippen LogP contribution is 2.43. The molecule has 0 spiro atoms. The Morgan fingerprint density at radius 1 is 0.300 bits per heavy atom. The van der Waals surface area contributed by atoms with Crippen LogP contribution in [-0.4, -0.2) is 14.4 Å². The Kier molecular flexibility index (Phi) is 9.17. The lowest BCUT2D eigenvalue weighted by molar-refractivity contribution is 0.617. The van der Waals surface area contributed by atoms with Crippen LogP contribution in [0.15, 0.2) is 253 Å². The first-order chi connectivity index (χ1) is 34.7. The average Bonchev–Trinajstić information content (AvgIpc) is 4.16. The van der Waals surface area contributed by atoms with Gasteiger partial charge in [-0.15, -0.1) is 0 Å². The lowest BCUT2D eigenvalue weighted by atomic mass is 9.94. The van der Waals surface area contributed by atoms with E-state index in [1.165, 1.54) is 60.3 Å². The summed E-state index contributed by atoms with van der Waals surface area (Å²) in [7, 11) is 0. The smallest absolute Gasteiger partial charge is 0.160 e. The van der Waals surface area contributed by atoms with Gasteiger partial charge in [0.1, 0.15) is 5.58 Å². The third-order valence-corrected chi connectivity index (χ3v) is 14.0. The lowest BCUT2D eigenvalue weighted by Gasteiger charge is -2.12. The van der Waals surface area contributed by atoms with Crippen molar-refractivity contribution in [3.63, 3.8) is 0 Å². The van der Waals surface area contributed by atoms with Crippen LogP contribution >= 0.6 is 0 Å². The number of fused-ring (bicyclic) bond motifs is 7. The van der Waals surface area contributed by atoms with Crippen molar-refractivity contribution in [2.24, 2.45) is 0 Å². The van der Waals surface area contributed by atoms with Gasteiger partial charge in [0.2, 0.25) is 0 Å². The van der Waals surface area contributed by atoms with Crippen molar-refractivity contribution in [3.8, 4) is 89.5 Å². The minimum absolute atomic E-state index is 0.697. The number of furan rings is 1. The van der Waals surface area contributed by atoms with Gasteiger partial charge in [0.15, 0.2) is 5.82 Å². The molecule has 4 heteroatoms. The molecule has 14 rings (SSSR count). The van der Waals surface area contributed by atoms with E-state index >= 15 is 0 Å². The first-order valence-electron chi connectivity index (χ1n) is 23.8. The van der Waals surface area contributed by atoms with Crippen LogP contribution in [0.4, 0.5) is 0 Å². The molecule has 4 aromatic heterocycles. The zero-order chi connectivity index (χ0) is 46.1. The second kappa shape index (κ2) is 16.2. The van der Waals surface area contributed by atoms with Gasteiger partial charge in [-0.25, -0.2) is 9.97 Å². The number of nitrogens with zero attached hydrogens (tertiary/aromatic N) is 3. The monoisotopic (exact) mass is 891 g/mol. The van der Waals surface area contributed by atoms with Gasteiger partial charge < -0.3 is 8.82 Å². The van der Waals surface area contributed by atoms with Gasteiger partial charge in [0.25, 0.3) is 0 Å². The Balaban J connectivity index is 0.802. The molecule has 0 fully saturated rings. The second-order valence-corrected chi connectivity index (χ2v) is 18.2. The van der Waals surface area contributed by atoms with E-state index in [0.29, 0.717) is 5.82 Å². The summed E-state index contributed by atoms with van der Waals surface area (Å²) in [6.45, 7) is 0. The van der Waals surface area contributed by atoms with Crippen LogP contribution in [0.25, 0.3) is 139 Å². The van der Waals surface area contributed by atoms with Crippen LogP contribution in [0.3, 0.4) is 0 Å². The molecule has 0 atom stereocenters. The predicted octanol–water partition coefficient (Wildman–Crippen LogP) is 17.7. The molecule has 4 nitrogen and oxygen atoms in total. The molecule has 10 aromatic carbocycles. The summed E-state index contributed by atoms with van der Waals surface area (Å²) < 4.78 is 8.46. The number of hydrogen-bond donors (Lipinski definition) is 0. The maximum absolute atomic E-state index is 5.99. The van der Waals surface area contributed by atoms with Crippen molar-refractivity contribution in [3.05, 3.63) is 249 Å². The van der Waals surface area contributed by atoms with Crippen molar-refractivity contribution in [2.45, 2.75) is 0 Å². The highest BCUT2D eigenvalue weighted by molar-refractivity contribution is 6.24. The fourth-order valence-electron chi connectivity index (χ4n) is 10.6. The zero-order valence-electron chi connectivity index (χ0n) is 37.9. The van der Waals surface area contributed by atoms with Crippen LogP contribution in [0.1, 0.15) is 0 Å². The Bertz CT molecular complexity index is 4240. The molecule has 0 aliphatic rings. The number of para-hydroxylation sites is 2. The summed E-state index contributed by atoms with van der Waals surface area (Å²) in [5.74, 6) is 0.697. The first kappa shape index (κ1) is 39.8. The number of benzene rings is 10. The third kappa shape index (κ3) is 6.69. The molecule has 70 heavy (non-hydrogen) atoms. The SMILES string of the molecule is c1ccc(-c2cc(-c3ccccc3)nc(-c3cccc(-c4cccc(-c5cccc(-c6cccc(-c7ccc8c9cccc%10c%11ccc(-c%12cccc%13ccoc%12%13)cc%11n(c8c7)c9%10)c6)c5)c4)c3)n2)cc1. The van der Waals surface area contributed by atoms with E-state index in [0.717, 1.165) is 72.4 Å². The predicted molar refractivity (Wildman–Crippen MR) is 290 cm³/mol. The minimum Gasteiger partial charge on any atom is -0.464 e. The van der Waals surface area contributed by atoms with Gasteiger partial charge in [0.05, 0.1) is 34.2 Å². The minimum atomic E-state index is 0.697. The Labute approximate surface area is 404 Å². The number of rotatable bonds is 8. The zero-order valence-corrected chi connectivity index (χ0v) is 37.9. The third-order valence-electron chi connectivity index (χ3n) is 14.0. The van der Waals surface area contributed by atoms with E-state index in [-0.39, 0.29) is 0 Å². The molecular formula is C66H41N3O. The Morgan fingerprint density at radius 3 is 1.27 bits per heavy atom. The highest BCUT2D eigenvalue weighted by Gasteiger charge is 2.20. The van der Waals surface area contributed by atoms with E-state index in [9.17, 15) is 0 Å². The molecule has 0 N–H and O–H groups in total. The normalized spacial score (nSPS) is 11.7. The summed E-state index contributed by atoms with van der Waals surface area (Å²) in [5, 5.41) is 6.15. The topological polar surface area (TPSA) is 43.3 Å². The van der Waals surface area contributed by atoms with Crippen LogP contribution < -0.4 is 0 Å². The highest BCUT2D eigenvalue weighted by atomic mass is 16.3. The molecule has 0 radical (unpaired) electrons. The maximum Gasteiger partial charge on any atom is 0.160 e. The number of hydrogen-bond acceptors (Lipinski definition) is 3. The van der Waals surface area contributed by atoms with Gasteiger partial charge in [0, 0.05) is 49.2 Å². The summed E-state index contributed by atoms with van der Waals surface area (Å²) >= 11 is 0.